The number of nitrogens with zero attached hydrogens (tertiary/aromatic N) is 4. The van der Waals surface area contributed by atoms with E-state index < -0.39 is 0 Å². The Morgan fingerprint density at radius 2 is 2.10 bits per heavy atom. The number of hydrogen-bond donors (Lipinski definition) is 0. The summed E-state index contributed by atoms with van der Waals surface area (Å²) in [6.07, 6.45) is 6.07. The van der Waals surface area contributed by atoms with E-state index in [2.05, 4.69) is 48.2 Å². The summed E-state index contributed by atoms with van der Waals surface area (Å²) in [7, 11) is 0. The number of pyridine rings is 1. The molecular weight excluding hydrogens is 260 g/mol. The van der Waals surface area contributed by atoms with E-state index in [9.17, 15) is 0 Å². The summed E-state index contributed by atoms with van der Waals surface area (Å²) in [6, 6.07) is 4.05. The molecular formula is C17H26N4. The highest BCUT2D eigenvalue weighted by Gasteiger charge is 2.31. The number of fused-ring (bicyclic) bond motifs is 1. The molecule has 1 aliphatic heterocycles. The van der Waals surface area contributed by atoms with Gasteiger partial charge >= 0.3 is 0 Å². The first-order valence-electron chi connectivity index (χ1n) is 8.10. The van der Waals surface area contributed by atoms with Crippen LogP contribution in [0.2, 0.25) is 0 Å². The Kier molecular flexibility index (Phi) is 3.74. The number of aromatic nitrogens is 3. The molecule has 0 N–H and O–H groups in total. The van der Waals surface area contributed by atoms with Gasteiger partial charge in [-0.15, -0.1) is 0 Å². The third-order valence-electron chi connectivity index (χ3n) is 4.40. The van der Waals surface area contributed by atoms with Gasteiger partial charge < -0.3 is 0 Å². The summed E-state index contributed by atoms with van der Waals surface area (Å²) in [5.74, 6) is 1.15. The molecule has 0 aromatic carbocycles. The standard InChI is InChI=1S/C17H26N4/c1-5-20-12-7-6-10-14(20)21-15-13(9-8-11-18-15)19-16(21)17(2,3)4/h8-9,11,14H,5-7,10,12H2,1-4H3. The molecule has 4 nitrogen and oxygen atoms in total. The maximum absolute atomic E-state index is 4.90. The van der Waals surface area contributed by atoms with E-state index in [-0.39, 0.29) is 5.41 Å². The predicted molar refractivity (Wildman–Crippen MR) is 86.4 cm³/mol. The molecule has 114 valence electrons. The second-order valence-corrected chi connectivity index (χ2v) is 7.01. The monoisotopic (exact) mass is 286 g/mol. The highest BCUT2D eigenvalue weighted by Crippen LogP contribution is 2.34. The smallest absolute Gasteiger partial charge is 0.161 e. The molecule has 0 aliphatic carbocycles. The van der Waals surface area contributed by atoms with Crippen LogP contribution in [-0.4, -0.2) is 32.5 Å². The minimum atomic E-state index is 0.0254. The first-order chi connectivity index (χ1) is 10.0. The summed E-state index contributed by atoms with van der Waals surface area (Å²) in [5.41, 5.74) is 2.08. The summed E-state index contributed by atoms with van der Waals surface area (Å²) >= 11 is 0. The quantitative estimate of drug-likeness (QED) is 0.843. The topological polar surface area (TPSA) is 34.0 Å². The van der Waals surface area contributed by atoms with Gasteiger partial charge in [-0.3, -0.25) is 9.47 Å². The van der Waals surface area contributed by atoms with Crippen LogP contribution >= 0.6 is 0 Å². The zero-order valence-electron chi connectivity index (χ0n) is 13.6. The van der Waals surface area contributed by atoms with Crippen LogP contribution < -0.4 is 0 Å². The summed E-state index contributed by atoms with van der Waals surface area (Å²) in [6.45, 7) is 11.2. The highest BCUT2D eigenvalue weighted by atomic mass is 15.3. The highest BCUT2D eigenvalue weighted by molar-refractivity contribution is 5.71. The van der Waals surface area contributed by atoms with Gasteiger partial charge in [-0.05, 0) is 37.9 Å². The van der Waals surface area contributed by atoms with Gasteiger partial charge in [-0.2, -0.15) is 0 Å². The minimum absolute atomic E-state index is 0.0254. The second kappa shape index (κ2) is 5.41. The molecule has 0 bridgehead atoms. The summed E-state index contributed by atoms with van der Waals surface area (Å²) in [5, 5.41) is 0. The lowest BCUT2D eigenvalue weighted by Gasteiger charge is -2.37. The van der Waals surface area contributed by atoms with Gasteiger partial charge in [-0.1, -0.05) is 27.7 Å². The van der Waals surface area contributed by atoms with E-state index in [1.165, 1.54) is 25.8 Å². The second-order valence-electron chi connectivity index (χ2n) is 7.01. The van der Waals surface area contributed by atoms with Crippen molar-refractivity contribution >= 4 is 11.2 Å². The largest absolute Gasteiger partial charge is 0.296 e. The van der Waals surface area contributed by atoms with Crippen LogP contribution in [0.1, 0.15) is 58.9 Å². The summed E-state index contributed by atoms with van der Waals surface area (Å²) in [4.78, 5) is 12.1. The molecule has 1 fully saturated rings. The van der Waals surface area contributed by atoms with E-state index in [0.717, 1.165) is 23.5 Å². The van der Waals surface area contributed by atoms with Crippen molar-refractivity contribution in [3.05, 3.63) is 24.2 Å². The third-order valence-corrected chi connectivity index (χ3v) is 4.40. The Hall–Kier alpha value is -1.42. The average molecular weight is 286 g/mol. The Balaban J connectivity index is 2.19. The van der Waals surface area contributed by atoms with Gasteiger partial charge in [0.1, 0.15) is 11.3 Å². The molecule has 1 atom stereocenters. The minimum Gasteiger partial charge on any atom is -0.296 e. The lowest BCUT2D eigenvalue weighted by Crippen LogP contribution is -2.38. The van der Waals surface area contributed by atoms with Crippen LogP contribution in [0.15, 0.2) is 18.3 Å². The number of likely N-dealkylation sites (tertiary alicyclic amines) is 1. The lowest BCUT2D eigenvalue weighted by molar-refractivity contribution is 0.0997. The van der Waals surface area contributed by atoms with Crippen LogP contribution in [0.3, 0.4) is 0 Å². The number of rotatable bonds is 2. The first-order valence-corrected chi connectivity index (χ1v) is 8.10. The Labute approximate surface area is 127 Å². The predicted octanol–water partition coefficient (Wildman–Crippen LogP) is 3.73. The van der Waals surface area contributed by atoms with Crippen molar-refractivity contribution in [3.63, 3.8) is 0 Å². The fraction of sp³-hybridized carbons (Fsp3) is 0.647. The maximum atomic E-state index is 4.90. The van der Waals surface area contributed by atoms with Crippen molar-refractivity contribution < 1.29 is 0 Å². The Morgan fingerprint density at radius 1 is 1.29 bits per heavy atom. The SMILES string of the molecule is CCN1CCCCC1n1c(C(C)(C)C)nc2cccnc21. The van der Waals surface area contributed by atoms with Gasteiger partial charge in [0.15, 0.2) is 5.65 Å². The van der Waals surface area contributed by atoms with Crippen LogP contribution in [0, 0.1) is 0 Å². The van der Waals surface area contributed by atoms with Gasteiger partial charge in [-0.25, -0.2) is 9.97 Å². The molecule has 21 heavy (non-hydrogen) atoms. The zero-order valence-corrected chi connectivity index (χ0v) is 13.6. The molecule has 3 rings (SSSR count). The van der Waals surface area contributed by atoms with Gasteiger partial charge in [0.05, 0.1) is 6.17 Å². The van der Waals surface area contributed by atoms with E-state index in [1.807, 2.05) is 12.3 Å². The molecule has 0 saturated carbocycles. The van der Waals surface area contributed by atoms with Crippen LogP contribution in [0.5, 0.6) is 0 Å². The van der Waals surface area contributed by atoms with Gasteiger partial charge in [0.2, 0.25) is 0 Å². The molecule has 2 aromatic rings. The molecule has 3 heterocycles. The molecule has 0 amide bonds. The normalized spacial score (nSPS) is 21.0. The van der Waals surface area contributed by atoms with Crippen molar-refractivity contribution in [1.29, 1.82) is 0 Å². The molecule has 2 aromatic heterocycles. The van der Waals surface area contributed by atoms with E-state index in [1.54, 1.807) is 0 Å². The average Bonchev–Trinajstić information content (AvgIpc) is 2.86. The molecule has 1 saturated heterocycles. The van der Waals surface area contributed by atoms with Crippen molar-refractivity contribution in [3.8, 4) is 0 Å². The van der Waals surface area contributed by atoms with Crippen LogP contribution in [0.25, 0.3) is 11.2 Å². The first kappa shape index (κ1) is 14.5. The Bertz CT molecular complexity index is 623. The van der Waals surface area contributed by atoms with Crippen molar-refractivity contribution in [2.45, 2.75) is 58.5 Å². The number of imidazole rings is 1. The zero-order chi connectivity index (χ0) is 15.0. The van der Waals surface area contributed by atoms with Crippen molar-refractivity contribution in [2.24, 2.45) is 0 Å². The Morgan fingerprint density at radius 3 is 2.81 bits per heavy atom. The molecule has 1 aliphatic rings. The number of hydrogen-bond acceptors (Lipinski definition) is 3. The van der Waals surface area contributed by atoms with Gasteiger partial charge in [0, 0.05) is 18.2 Å². The van der Waals surface area contributed by atoms with Gasteiger partial charge in [0.25, 0.3) is 0 Å². The number of piperidine rings is 1. The van der Waals surface area contributed by atoms with Crippen LogP contribution in [-0.2, 0) is 5.41 Å². The summed E-state index contributed by atoms with van der Waals surface area (Å²) < 4.78 is 2.40. The fourth-order valence-electron chi connectivity index (χ4n) is 3.38. The lowest BCUT2D eigenvalue weighted by atomic mass is 9.95. The van der Waals surface area contributed by atoms with Crippen molar-refractivity contribution in [1.82, 2.24) is 19.4 Å². The maximum Gasteiger partial charge on any atom is 0.161 e. The fourth-order valence-corrected chi connectivity index (χ4v) is 3.38. The molecule has 0 spiro atoms. The third kappa shape index (κ3) is 2.57. The van der Waals surface area contributed by atoms with E-state index >= 15 is 0 Å². The van der Waals surface area contributed by atoms with E-state index in [4.69, 9.17) is 4.98 Å². The van der Waals surface area contributed by atoms with E-state index in [0.29, 0.717) is 6.17 Å². The van der Waals surface area contributed by atoms with Crippen LogP contribution in [0.4, 0.5) is 0 Å². The molecule has 1 unspecified atom stereocenters. The van der Waals surface area contributed by atoms with Crippen molar-refractivity contribution in [2.75, 3.05) is 13.1 Å². The molecule has 0 radical (unpaired) electrons. The molecule has 4 heteroatoms.